The molecule has 2 rings (SSSR count). The number of ether oxygens (including phenoxy) is 1. The van der Waals surface area contributed by atoms with Crippen molar-refractivity contribution in [3.63, 3.8) is 0 Å². The molecule has 1 aromatic heterocycles. The molecule has 1 aromatic carbocycles. The zero-order chi connectivity index (χ0) is 18.4. The minimum atomic E-state index is -0.389. The SMILES string of the molecule is CO[C@H](c1ccc(F)cc1)[C@H](C)NC(=O)CCC(=O)c1ccc(C)s1. The first-order valence-corrected chi connectivity index (χ1v) is 8.89. The van der Waals surface area contributed by atoms with Crippen LogP contribution in [0, 0.1) is 12.7 Å². The molecule has 0 unspecified atom stereocenters. The molecule has 0 aliphatic carbocycles. The summed E-state index contributed by atoms with van der Waals surface area (Å²) < 4.78 is 18.5. The van der Waals surface area contributed by atoms with Crippen LogP contribution in [0.2, 0.25) is 0 Å². The van der Waals surface area contributed by atoms with Gasteiger partial charge in [0.2, 0.25) is 5.91 Å². The van der Waals surface area contributed by atoms with Crippen molar-refractivity contribution in [2.24, 2.45) is 0 Å². The molecule has 25 heavy (non-hydrogen) atoms. The fourth-order valence-corrected chi connectivity index (χ4v) is 3.45. The first kappa shape index (κ1) is 19.3. The van der Waals surface area contributed by atoms with E-state index in [0.29, 0.717) is 4.88 Å². The molecule has 1 N–H and O–H groups in total. The van der Waals surface area contributed by atoms with Gasteiger partial charge in [-0.1, -0.05) is 12.1 Å². The monoisotopic (exact) mass is 363 g/mol. The summed E-state index contributed by atoms with van der Waals surface area (Å²) in [6.45, 7) is 3.76. The van der Waals surface area contributed by atoms with Crippen molar-refractivity contribution in [3.05, 3.63) is 57.5 Å². The number of hydrogen-bond acceptors (Lipinski definition) is 4. The average molecular weight is 363 g/mol. The number of benzene rings is 1. The van der Waals surface area contributed by atoms with Gasteiger partial charge in [-0.3, -0.25) is 9.59 Å². The smallest absolute Gasteiger partial charge is 0.220 e. The highest BCUT2D eigenvalue weighted by Gasteiger charge is 2.21. The summed E-state index contributed by atoms with van der Waals surface area (Å²) in [5.41, 5.74) is 0.779. The van der Waals surface area contributed by atoms with Crippen molar-refractivity contribution in [3.8, 4) is 0 Å². The van der Waals surface area contributed by atoms with Gasteiger partial charge in [0, 0.05) is 24.8 Å². The summed E-state index contributed by atoms with van der Waals surface area (Å²) in [5, 5.41) is 2.85. The van der Waals surface area contributed by atoms with Crippen molar-refractivity contribution in [1.29, 1.82) is 0 Å². The fourth-order valence-electron chi connectivity index (χ4n) is 2.62. The summed E-state index contributed by atoms with van der Waals surface area (Å²) in [7, 11) is 1.54. The van der Waals surface area contributed by atoms with Crippen LogP contribution in [0.4, 0.5) is 4.39 Å². The van der Waals surface area contributed by atoms with E-state index in [2.05, 4.69) is 5.32 Å². The van der Waals surface area contributed by atoms with Gasteiger partial charge in [-0.05, 0) is 43.7 Å². The lowest BCUT2D eigenvalue weighted by Gasteiger charge is -2.24. The third kappa shape index (κ3) is 5.47. The Bertz CT molecular complexity index is 727. The largest absolute Gasteiger partial charge is 0.375 e. The molecule has 4 nitrogen and oxygen atoms in total. The predicted molar refractivity (Wildman–Crippen MR) is 96.4 cm³/mol. The van der Waals surface area contributed by atoms with Crippen LogP contribution < -0.4 is 5.32 Å². The van der Waals surface area contributed by atoms with Crippen molar-refractivity contribution < 1.29 is 18.7 Å². The molecule has 0 aliphatic rings. The van der Waals surface area contributed by atoms with E-state index in [1.54, 1.807) is 25.3 Å². The first-order chi connectivity index (χ1) is 11.9. The second-order valence-electron chi connectivity index (χ2n) is 5.90. The van der Waals surface area contributed by atoms with Crippen molar-refractivity contribution in [1.82, 2.24) is 5.32 Å². The van der Waals surface area contributed by atoms with Gasteiger partial charge in [0.25, 0.3) is 0 Å². The Hall–Kier alpha value is -2.05. The molecular weight excluding hydrogens is 341 g/mol. The second-order valence-corrected chi connectivity index (χ2v) is 7.19. The van der Waals surface area contributed by atoms with Gasteiger partial charge in [0.1, 0.15) is 11.9 Å². The van der Waals surface area contributed by atoms with E-state index < -0.39 is 0 Å². The Morgan fingerprint density at radius 2 is 1.84 bits per heavy atom. The van der Waals surface area contributed by atoms with E-state index in [9.17, 15) is 14.0 Å². The molecule has 0 radical (unpaired) electrons. The van der Waals surface area contributed by atoms with Gasteiger partial charge in [-0.15, -0.1) is 11.3 Å². The van der Waals surface area contributed by atoms with E-state index in [1.165, 1.54) is 23.5 Å². The highest BCUT2D eigenvalue weighted by Crippen LogP contribution is 2.21. The van der Waals surface area contributed by atoms with Crippen LogP contribution in [0.1, 0.15) is 46.0 Å². The van der Waals surface area contributed by atoms with E-state index >= 15 is 0 Å². The molecule has 0 saturated carbocycles. The standard InChI is InChI=1S/C19H22FNO3S/c1-12-4-10-17(25-12)16(22)9-11-18(23)21-13(2)19(24-3)14-5-7-15(20)8-6-14/h4-8,10,13,19H,9,11H2,1-3H3,(H,21,23)/t13-,19-/m0/s1. The Labute approximate surface area is 151 Å². The van der Waals surface area contributed by atoms with E-state index in [-0.39, 0.29) is 42.5 Å². The summed E-state index contributed by atoms with van der Waals surface area (Å²) >= 11 is 1.44. The molecule has 0 aliphatic heterocycles. The van der Waals surface area contributed by atoms with Gasteiger partial charge < -0.3 is 10.1 Å². The third-order valence-corrected chi connectivity index (χ3v) is 4.93. The van der Waals surface area contributed by atoms with Gasteiger partial charge in [-0.2, -0.15) is 0 Å². The van der Waals surface area contributed by atoms with Gasteiger partial charge >= 0.3 is 0 Å². The highest BCUT2D eigenvalue weighted by atomic mass is 32.1. The lowest BCUT2D eigenvalue weighted by molar-refractivity contribution is -0.122. The molecule has 0 saturated heterocycles. The number of nitrogens with one attached hydrogen (secondary N) is 1. The zero-order valence-corrected chi connectivity index (χ0v) is 15.4. The number of carbonyl (C=O) groups excluding carboxylic acids is 2. The van der Waals surface area contributed by atoms with Gasteiger partial charge in [-0.25, -0.2) is 4.39 Å². The maximum absolute atomic E-state index is 13.0. The number of thiophene rings is 1. The number of halogens is 1. The summed E-state index contributed by atoms with van der Waals surface area (Å²) in [6.07, 6.45) is -0.0904. The molecule has 0 bridgehead atoms. The highest BCUT2D eigenvalue weighted by molar-refractivity contribution is 7.14. The Morgan fingerprint density at radius 1 is 1.16 bits per heavy atom. The predicted octanol–water partition coefficient (Wildman–Crippen LogP) is 4.05. The minimum absolute atomic E-state index is 0.0253. The van der Waals surface area contributed by atoms with Crippen molar-refractivity contribution in [2.75, 3.05) is 7.11 Å². The Kier molecular flexibility index (Phi) is 6.84. The third-order valence-electron chi connectivity index (χ3n) is 3.89. The van der Waals surface area contributed by atoms with Crippen LogP contribution in [0.3, 0.4) is 0 Å². The normalized spacial score (nSPS) is 13.3. The minimum Gasteiger partial charge on any atom is -0.375 e. The average Bonchev–Trinajstić information content (AvgIpc) is 3.01. The number of amides is 1. The Balaban J connectivity index is 1.87. The molecule has 134 valence electrons. The lowest BCUT2D eigenvalue weighted by Crippen LogP contribution is -2.37. The molecule has 2 atom stereocenters. The van der Waals surface area contributed by atoms with Crippen LogP contribution in [0.5, 0.6) is 0 Å². The maximum atomic E-state index is 13.0. The summed E-state index contributed by atoms with van der Waals surface area (Å²) in [5.74, 6) is -0.557. The van der Waals surface area contributed by atoms with Crippen LogP contribution >= 0.6 is 11.3 Å². The molecule has 1 amide bonds. The number of methoxy groups -OCH3 is 1. The topological polar surface area (TPSA) is 55.4 Å². The van der Waals surface area contributed by atoms with Crippen LogP contribution in [0.15, 0.2) is 36.4 Å². The number of Topliss-reactive ketones (excluding diaryl/α,β-unsaturated/α-hetero) is 1. The second kappa shape index (κ2) is 8.87. The quantitative estimate of drug-likeness (QED) is 0.720. The molecule has 6 heteroatoms. The summed E-state index contributed by atoms with van der Waals surface area (Å²) in [6, 6.07) is 9.37. The zero-order valence-electron chi connectivity index (χ0n) is 14.5. The molecule has 1 heterocycles. The number of hydrogen-bond donors (Lipinski definition) is 1. The van der Waals surface area contributed by atoms with Crippen LogP contribution in [0.25, 0.3) is 0 Å². The molecular formula is C19H22FNO3S. The van der Waals surface area contributed by atoms with E-state index in [4.69, 9.17) is 4.74 Å². The van der Waals surface area contributed by atoms with Crippen molar-refractivity contribution in [2.45, 2.75) is 38.8 Å². The van der Waals surface area contributed by atoms with E-state index in [0.717, 1.165) is 10.4 Å². The number of ketones is 1. The number of aryl methyl sites for hydroxylation is 1. The van der Waals surface area contributed by atoms with Gasteiger partial charge in [0.05, 0.1) is 10.9 Å². The van der Waals surface area contributed by atoms with E-state index in [1.807, 2.05) is 19.9 Å². The molecule has 0 spiro atoms. The number of carbonyl (C=O) groups is 2. The first-order valence-electron chi connectivity index (χ1n) is 8.08. The van der Waals surface area contributed by atoms with Crippen LogP contribution in [-0.4, -0.2) is 24.8 Å². The Morgan fingerprint density at radius 3 is 2.40 bits per heavy atom. The van der Waals surface area contributed by atoms with Gasteiger partial charge in [0.15, 0.2) is 5.78 Å². The lowest BCUT2D eigenvalue weighted by atomic mass is 10.0. The number of rotatable bonds is 8. The molecule has 2 aromatic rings. The maximum Gasteiger partial charge on any atom is 0.220 e. The molecule has 0 fully saturated rings. The van der Waals surface area contributed by atoms with Crippen LogP contribution in [-0.2, 0) is 9.53 Å². The summed E-state index contributed by atoms with van der Waals surface area (Å²) in [4.78, 5) is 25.9. The van der Waals surface area contributed by atoms with Crippen molar-refractivity contribution >= 4 is 23.0 Å². The fraction of sp³-hybridized carbons (Fsp3) is 0.368.